The molecule has 0 radical (unpaired) electrons. The quantitative estimate of drug-likeness (QED) is 0.726. The highest BCUT2D eigenvalue weighted by Crippen LogP contribution is 2.05. The molecule has 0 aliphatic rings. The molecule has 1 atom stereocenters. The Hall–Kier alpha value is 0.390. The van der Waals surface area contributed by atoms with E-state index >= 15 is 0 Å². The summed E-state index contributed by atoms with van der Waals surface area (Å²) in [7, 11) is 0. The first-order valence-electron chi connectivity index (χ1n) is 2.75. The van der Waals surface area contributed by atoms with Crippen LogP contribution in [0.3, 0.4) is 0 Å². The summed E-state index contributed by atoms with van der Waals surface area (Å²) in [6, 6.07) is 0. The van der Waals surface area contributed by atoms with Crippen molar-refractivity contribution >= 4 is 22.6 Å². The normalized spacial score (nSPS) is 15.8. The lowest BCUT2D eigenvalue weighted by Crippen LogP contribution is -2.11. The zero-order chi connectivity index (χ0) is 7.28. The van der Waals surface area contributed by atoms with E-state index in [1.165, 1.54) is 0 Å². The summed E-state index contributed by atoms with van der Waals surface area (Å²) in [5.41, 5.74) is 1.09. The van der Waals surface area contributed by atoms with E-state index in [-0.39, 0.29) is 6.61 Å². The molecule has 0 aliphatic heterocycles. The van der Waals surface area contributed by atoms with E-state index in [4.69, 9.17) is 10.2 Å². The van der Waals surface area contributed by atoms with Gasteiger partial charge in [0.1, 0.15) is 0 Å². The van der Waals surface area contributed by atoms with Crippen molar-refractivity contribution in [1.29, 1.82) is 0 Å². The smallest absolute Gasteiger partial charge is 0.0808 e. The van der Waals surface area contributed by atoms with Gasteiger partial charge in [-0.3, -0.25) is 0 Å². The van der Waals surface area contributed by atoms with Gasteiger partial charge < -0.3 is 10.2 Å². The second-order valence-electron chi connectivity index (χ2n) is 2.00. The second kappa shape index (κ2) is 5.20. The van der Waals surface area contributed by atoms with E-state index in [0.717, 1.165) is 5.57 Å². The molecule has 0 bridgehead atoms. The van der Waals surface area contributed by atoms with Gasteiger partial charge in [0.05, 0.1) is 12.7 Å². The lowest BCUT2D eigenvalue weighted by atomic mass is 10.2. The molecule has 0 heterocycles. The predicted molar refractivity (Wildman–Crippen MR) is 45.5 cm³/mol. The molecule has 0 fully saturated rings. The molecule has 0 saturated heterocycles. The number of hydrogen-bond acceptors (Lipinski definition) is 2. The molecule has 9 heavy (non-hydrogen) atoms. The van der Waals surface area contributed by atoms with E-state index in [1.807, 2.05) is 11.0 Å². The third-order valence-corrected chi connectivity index (χ3v) is 2.02. The van der Waals surface area contributed by atoms with Crippen molar-refractivity contribution in [1.82, 2.24) is 0 Å². The van der Waals surface area contributed by atoms with E-state index < -0.39 is 6.10 Å². The molecule has 0 rings (SSSR count). The molecule has 2 N–H and O–H groups in total. The van der Waals surface area contributed by atoms with Gasteiger partial charge in [0.2, 0.25) is 0 Å². The van der Waals surface area contributed by atoms with Gasteiger partial charge in [-0.2, -0.15) is 0 Å². The maximum absolute atomic E-state index is 8.87. The highest BCUT2D eigenvalue weighted by Gasteiger charge is 2.00. The molecule has 0 aromatic rings. The molecule has 0 amide bonds. The topological polar surface area (TPSA) is 40.5 Å². The average Bonchev–Trinajstić information content (AvgIpc) is 1.87. The van der Waals surface area contributed by atoms with Crippen LogP contribution in [0.5, 0.6) is 0 Å². The van der Waals surface area contributed by atoms with Gasteiger partial charge in [-0.1, -0.05) is 28.2 Å². The van der Waals surface area contributed by atoms with E-state index in [9.17, 15) is 0 Å². The molecule has 0 unspecified atom stereocenters. The number of hydrogen-bond donors (Lipinski definition) is 2. The fourth-order valence-corrected chi connectivity index (χ4v) is 0.735. The average molecular weight is 242 g/mol. The van der Waals surface area contributed by atoms with Crippen molar-refractivity contribution in [2.45, 2.75) is 19.4 Å². The van der Waals surface area contributed by atoms with Crippen LogP contribution in [0.1, 0.15) is 13.3 Å². The van der Waals surface area contributed by atoms with Gasteiger partial charge >= 0.3 is 0 Å². The Balaban J connectivity index is 3.47. The minimum Gasteiger partial charge on any atom is -0.394 e. The minimum absolute atomic E-state index is 0.151. The SMILES string of the molecule is C/C(=C\I)C[C@H](O)CO. The molecule has 54 valence electrons. The largest absolute Gasteiger partial charge is 0.394 e. The van der Waals surface area contributed by atoms with Crippen molar-refractivity contribution < 1.29 is 10.2 Å². The highest BCUT2D eigenvalue weighted by molar-refractivity contribution is 14.1. The molecular weight excluding hydrogens is 231 g/mol. The van der Waals surface area contributed by atoms with Crippen LogP contribution in [0.15, 0.2) is 9.66 Å². The third-order valence-electron chi connectivity index (χ3n) is 0.955. The van der Waals surface area contributed by atoms with Gasteiger partial charge in [0, 0.05) is 0 Å². The fraction of sp³-hybridized carbons (Fsp3) is 0.667. The molecular formula is C6H11IO2. The Morgan fingerprint density at radius 3 is 2.67 bits per heavy atom. The summed E-state index contributed by atoms with van der Waals surface area (Å²) in [4.78, 5) is 0. The maximum atomic E-state index is 8.87. The van der Waals surface area contributed by atoms with E-state index in [0.29, 0.717) is 6.42 Å². The Kier molecular flexibility index (Phi) is 5.42. The standard InChI is InChI=1S/C6H11IO2/c1-5(3-7)2-6(9)4-8/h3,6,8-9H,2,4H2,1H3/b5-3+/t6-/m0/s1. The molecule has 0 spiro atoms. The van der Waals surface area contributed by atoms with Crippen LogP contribution < -0.4 is 0 Å². The highest BCUT2D eigenvalue weighted by atomic mass is 127. The number of aliphatic hydroxyl groups excluding tert-OH is 2. The third kappa shape index (κ3) is 4.87. The fourth-order valence-electron chi connectivity index (χ4n) is 0.481. The van der Waals surface area contributed by atoms with Crippen LogP contribution in [0, 0.1) is 0 Å². The van der Waals surface area contributed by atoms with Gasteiger partial charge in [-0.05, 0) is 17.4 Å². The summed E-state index contributed by atoms with van der Waals surface area (Å²) < 4.78 is 1.90. The molecule has 0 aliphatic carbocycles. The first-order valence-corrected chi connectivity index (χ1v) is 4.00. The number of aliphatic hydroxyl groups is 2. The van der Waals surface area contributed by atoms with Crippen LogP contribution in [-0.4, -0.2) is 22.9 Å². The van der Waals surface area contributed by atoms with Crippen molar-refractivity contribution in [2.75, 3.05) is 6.61 Å². The molecule has 0 saturated carbocycles. The van der Waals surface area contributed by atoms with Crippen LogP contribution in [0.2, 0.25) is 0 Å². The zero-order valence-electron chi connectivity index (χ0n) is 5.34. The van der Waals surface area contributed by atoms with Crippen molar-refractivity contribution in [2.24, 2.45) is 0 Å². The van der Waals surface area contributed by atoms with Crippen molar-refractivity contribution in [3.8, 4) is 0 Å². The van der Waals surface area contributed by atoms with Gasteiger partial charge in [-0.25, -0.2) is 0 Å². The zero-order valence-corrected chi connectivity index (χ0v) is 7.50. The van der Waals surface area contributed by atoms with E-state index in [2.05, 4.69) is 22.6 Å². The monoisotopic (exact) mass is 242 g/mol. The van der Waals surface area contributed by atoms with Crippen molar-refractivity contribution in [3.05, 3.63) is 9.66 Å². The van der Waals surface area contributed by atoms with Crippen LogP contribution in [0.25, 0.3) is 0 Å². The predicted octanol–water partition coefficient (Wildman–Crippen LogP) is 1.07. The van der Waals surface area contributed by atoms with Crippen molar-refractivity contribution in [3.63, 3.8) is 0 Å². The lowest BCUT2D eigenvalue weighted by molar-refractivity contribution is 0.0955. The van der Waals surface area contributed by atoms with Crippen LogP contribution in [-0.2, 0) is 0 Å². The maximum Gasteiger partial charge on any atom is 0.0808 e. The summed E-state index contributed by atoms with van der Waals surface area (Å²) in [5, 5.41) is 17.3. The summed E-state index contributed by atoms with van der Waals surface area (Å²) >= 11 is 2.11. The summed E-state index contributed by atoms with van der Waals surface area (Å²) in [5.74, 6) is 0. The van der Waals surface area contributed by atoms with Gasteiger partial charge in [0.25, 0.3) is 0 Å². The first-order chi connectivity index (χ1) is 4.20. The second-order valence-corrected chi connectivity index (χ2v) is 2.62. The van der Waals surface area contributed by atoms with Crippen LogP contribution >= 0.6 is 22.6 Å². The lowest BCUT2D eigenvalue weighted by Gasteiger charge is -2.04. The summed E-state index contributed by atoms with van der Waals surface area (Å²) in [6.07, 6.45) is -0.0181. The van der Waals surface area contributed by atoms with Crippen LogP contribution in [0.4, 0.5) is 0 Å². The summed E-state index contributed by atoms with van der Waals surface area (Å²) in [6.45, 7) is 1.77. The van der Waals surface area contributed by atoms with Gasteiger partial charge in [-0.15, -0.1) is 0 Å². The Morgan fingerprint density at radius 2 is 2.33 bits per heavy atom. The molecule has 0 aromatic carbocycles. The van der Waals surface area contributed by atoms with E-state index in [1.54, 1.807) is 0 Å². The minimum atomic E-state index is -0.587. The number of rotatable bonds is 3. The number of halogens is 1. The van der Waals surface area contributed by atoms with Gasteiger partial charge in [0.15, 0.2) is 0 Å². The Bertz CT molecular complexity index is 101. The Morgan fingerprint density at radius 1 is 1.78 bits per heavy atom. The molecule has 3 heteroatoms. The first kappa shape index (κ1) is 9.39. The molecule has 0 aromatic heterocycles. The Labute approximate surface area is 68.7 Å². The molecule has 2 nitrogen and oxygen atoms in total.